The second-order valence-corrected chi connectivity index (χ2v) is 3.90. The quantitative estimate of drug-likeness (QED) is 0.362. The van der Waals surface area contributed by atoms with Gasteiger partial charge in [0.2, 0.25) is 5.82 Å². The van der Waals surface area contributed by atoms with Gasteiger partial charge in [-0.25, -0.2) is 22.0 Å². The summed E-state index contributed by atoms with van der Waals surface area (Å²) in [6.07, 6.45) is -0.246. The summed E-state index contributed by atoms with van der Waals surface area (Å²) in [5.41, 5.74) is -1.08. The molecule has 0 atom stereocenters. The van der Waals surface area contributed by atoms with Crippen molar-refractivity contribution in [2.75, 3.05) is 25.1 Å². The van der Waals surface area contributed by atoms with Gasteiger partial charge in [0.1, 0.15) is 5.69 Å². The van der Waals surface area contributed by atoms with E-state index in [9.17, 15) is 26.7 Å². The molecule has 3 nitrogen and oxygen atoms in total. The van der Waals surface area contributed by atoms with Crippen molar-refractivity contribution in [1.82, 2.24) is 0 Å². The fraction of sp³-hybridized carbons (Fsp3) is 0.417. The molecule has 0 spiro atoms. The third kappa shape index (κ3) is 3.17. The Hall–Kier alpha value is -1.86. The van der Waals surface area contributed by atoms with Crippen LogP contribution in [-0.2, 0) is 9.53 Å². The number of nitrogens with zero attached hydrogens (tertiary/aromatic N) is 1. The first-order chi connectivity index (χ1) is 9.31. The van der Waals surface area contributed by atoms with E-state index in [2.05, 4.69) is 4.74 Å². The number of halogens is 5. The number of ether oxygens (including phenoxy) is 1. The van der Waals surface area contributed by atoms with Crippen LogP contribution in [0.5, 0.6) is 0 Å². The number of esters is 1. The monoisotopic (exact) mass is 297 g/mol. The topological polar surface area (TPSA) is 29.5 Å². The van der Waals surface area contributed by atoms with Crippen LogP contribution in [0.15, 0.2) is 0 Å². The largest absolute Gasteiger partial charge is 0.466 e. The van der Waals surface area contributed by atoms with Gasteiger partial charge in [-0.1, -0.05) is 0 Å². The van der Waals surface area contributed by atoms with Gasteiger partial charge in [-0.05, 0) is 6.92 Å². The van der Waals surface area contributed by atoms with Crippen molar-refractivity contribution in [2.45, 2.75) is 13.3 Å². The molecule has 1 rings (SSSR count). The van der Waals surface area contributed by atoms with Crippen LogP contribution in [-0.4, -0.2) is 26.2 Å². The van der Waals surface area contributed by atoms with Crippen LogP contribution < -0.4 is 4.90 Å². The van der Waals surface area contributed by atoms with E-state index in [1.54, 1.807) is 6.92 Å². The number of hydrogen-bond donors (Lipinski definition) is 0. The molecule has 0 aliphatic rings. The van der Waals surface area contributed by atoms with E-state index in [4.69, 9.17) is 0 Å². The summed E-state index contributed by atoms with van der Waals surface area (Å²) < 4.78 is 70.3. The van der Waals surface area contributed by atoms with Gasteiger partial charge in [0.15, 0.2) is 23.3 Å². The average molecular weight is 297 g/mol. The molecule has 0 bridgehead atoms. The molecule has 8 heteroatoms. The van der Waals surface area contributed by atoms with E-state index >= 15 is 0 Å². The summed E-state index contributed by atoms with van der Waals surface area (Å²) in [6, 6.07) is 0. The zero-order valence-corrected chi connectivity index (χ0v) is 10.8. The molecule has 0 aliphatic heterocycles. The predicted molar refractivity (Wildman–Crippen MR) is 60.8 cm³/mol. The lowest BCUT2D eigenvalue weighted by molar-refractivity contribution is -0.142. The molecule has 0 aromatic heterocycles. The fourth-order valence-corrected chi connectivity index (χ4v) is 1.53. The van der Waals surface area contributed by atoms with E-state index in [0.29, 0.717) is 0 Å². The molecule has 0 unspecified atom stereocenters. The van der Waals surface area contributed by atoms with Crippen LogP contribution in [0, 0.1) is 29.1 Å². The first kappa shape index (κ1) is 16.2. The van der Waals surface area contributed by atoms with Crippen LogP contribution >= 0.6 is 0 Å². The Morgan fingerprint density at radius 2 is 1.45 bits per heavy atom. The molecule has 0 N–H and O–H groups in total. The zero-order valence-electron chi connectivity index (χ0n) is 10.8. The van der Waals surface area contributed by atoms with Gasteiger partial charge in [0.25, 0.3) is 0 Å². The van der Waals surface area contributed by atoms with Crippen molar-refractivity contribution in [3.63, 3.8) is 0 Å². The number of rotatable bonds is 5. The van der Waals surface area contributed by atoms with Crippen LogP contribution in [0.1, 0.15) is 13.3 Å². The summed E-state index contributed by atoms with van der Waals surface area (Å²) in [4.78, 5) is 11.9. The van der Waals surface area contributed by atoms with Crippen molar-refractivity contribution in [1.29, 1.82) is 0 Å². The van der Waals surface area contributed by atoms with Gasteiger partial charge in [-0.2, -0.15) is 0 Å². The first-order valence-electron chi connectivity index (χ1n) is 5.69. The molecule has 0 radical (unpaired) electrons. The summed E-state index contributed by atoms with van der Waals surface area (Å²) in [5, 5.41) is 0. The minimum Gasteiger partial charge on any atom is -0.466 e. The summed E-state index contributed by atoms with van der Waals surface area (Å²) in [6.45, 7) is 1.45. The molecular formula is C12H12F5NO2. The molecule has 1 aromatic carbocycles. The number of carbonyl (C=O) groups is 1. The molecule has 112 valence electrons. The minimum atomic E-state index is -2.22. The van der Waals surface area contributed by atoms with E-state index < -0.39 is 40.7 Å². The van der Waals surface area contributed by atoms with Crippen molar-refractivity contribution in [3.8, 4) is 0 Å². The Labute approximate surface area is 111 Å². The number of carbonyl (C=O) groups excluding carboxylic acids is 1. The maximum Gasteiger partial charge on any atom is 0.307 e. The highest BCUT2D eigenvalue weighted by molar-refractivity contribution is 5.70. The zero-order chi connectivity index (χ0) is 15.4. The van der Waals surface area contributed by atoms with Crippen molar-refractivity contribution in [3.05, 3.63) is 29.1 Å². The van der Waals surface area contributed by atoms with Gasteiger partial charge >= 0.3 is 5.97 Å². The molecule has 0 heterocycles. The van der Waals surface area contributed by atoms with E-state index in [0.717, 1.165) is 11.9 Å². The minimum absolute atomic E-state index is 0.130. The third-order valence-corrected chi connectivity index (χ3v) is 2.53. The van der Waals surface area contributed by atoms with E-state index in [1.807, 2.05) is 0 Å². The Morgan fingerprint density at radius 3 is 1.90 bits per heavy atom. The summed E-state index contributed by atoms with van der Waals surface area (Å²) in [5.74, 6) is -10.8. The normalized spacial score (nSPS) is 10.6. The fourth-order valence-electron chi connectivity index (χ4n) is 1.53. The highest BCUT2D eigenvalue weighted by Gasteiger charge is 2.27. The molecule has 0 saturated heterocycles. The average Bonchev–Trinajstić information content (AvgIpc) is 2.41. The van der Waals surface area contributed by atoms with E-state index in [1.165, 1.54) is 0 Å². The first-order valence-corrected chi connectivity index (χ1v) is 5.69. The smallest absolute Gasteiger partial charge is 0.307 e. The molecule has 0 aliphatic carbocycles. The third-order valence-electron chi connectivity index (χ3n) is 2.53. The molecule has 0 saturated carbocycles. The predicted octanol–water partition coefficient (Wildman–Crippen LogP) is 2.77. The van der Waals surface area contributed by atoms with E-state index in [-0.39, 0.29) is 19.6 Å². The Kier molecular flexibility index (Phi) is 5.29. The lowest BCUT2D eigenvalue weighted by atomic mass is 10.2. The highest BCUT2D eigenvalue weighted by Crippen LogP contribution is 2.29. The summed E-state index contributed by atoms with van der Waals surface area (Å²) in [7, 11) is 1.11. The molecule has 0 fully saturated rings. The molecule has 1 aromatic rings. The Morgan fingerprint density at radius 1 is 1.00 bits per heavy atom. The second-order valence-electron chi connectivity index (χ2n) is 3.90. The van der Waals surface area contributed by atoms with Crippen LogP contribution in [0.2, 0.25) is 0 Å². The molecule has 20 heavy (non-hydrogen) atoms. The molecule has 0 amide bonds. The molecular weight excluding hydrogens is 285 g/mol. The van der Waals surface area contributed by atoms with Gasteiger partial charge in [-0.3, -0.25) is 4.79 Å². The van der Waals surface area contributed by atoms with Crippen LogP contribution in [0.4, 0.5) is 27.6 Å². The van der Waals surface area contributed by atoms with Gasteiger partial charge in [-0.15, -0.1) is 0 Å². The highest BCUT2D eigenvalue weighted by atomic mass is 19.2. The lowest BCUT2D eigenvalue weighted by Crippen LogP contribution is -2.25. The second kappa shape index (κ2) is 6.53. The van der Waals surface area contributed by atoms with Crippen molar-refractivity contribution in [2.24, 2.45) is 0 Å². The lowest BCUT2D eigenvalue weighted by Gasteiger charge is -2.20. The van der Waals surface area contributed by atoms with Crippen LogP contribution in [0.3, 0.4) is 0 Å². The van der Waals surface area contributed by atoms with Crippen molar-refractivity contribution >= 4 is 11.7 Å². The Bertz CT molecular complexity index is 492. The Balaban J connectivity index is 2.99. The van der Waals surface area contributed by atoms with Crippen LogP contribution in [0.25, 0.3) is 0 Å². The summed E-state index contributed by atoms with van der Waals surface area (Å²) >= 11 is 0. The van der Waals surface area contributed by atoms with Gasteiger partial charge in [0, 0.05) is 13.6 Å². The van der Waals surface area contributed by atoms with Gasteiger partial charge in [0.05, 0.1) is 13.0 Å². The maximum atomic E-state index is 13.4. The van der Waals surface area contributed by atoms with Gasteiger partial charge < -0.3 is 9.64 Å². The number of hydrogen-bond acceptors (Lipinski definition) is 3. The number of anilines is 1. The standard InChI is InChI=1S/C12H12F5NO2/c1-3-20-6(19)4-5-18(2)12-10(16)8(14)7(13)9(15)11(12)17/h3-5H2,1-2H3. The maximum absolute atomic E-state index is 13.4. The van der Waals surface area contributed by atoms with Crippen molar-refractivity contribution < 1.29 is 31.5 Å². The number of benzene rings is 1. The SMILES string of the molecule is CCOC(=O)CCN(C)c1c(F)c(F)c(F)c(F)c1F.